The first-order valence-electron chi connectivity index (χ1n) is 4.40. The van der Waals surface area contributed by atoms with Gasteiger partial charge in [-0.1, -0.05) is 52.5 Å². The number of rotatable bonds is 3. The van der Waals surface area contributed by atoms with Gasteiger partial charge in [0.1, 0.15) is 0 Å². The summed E-state index contributed by atoms with van der Waals surface area (Å²) in [6.07, 6.45) is 0.864. The predicted molar refractivity (Wildman–Crippen MR) is 70.3 cm³/mol. The van der Waals surface area contributed by atoms with Crippen molar-refractivity contribution in [3.05, 3.63) is 29.8 Å². The molecule has 0 amide bonds. The van der Waals surface area contributed by atoms with E-state index >= 15 is 0 Å². The van der Waals surface area contributed by atoms with Crippen LogP contribution in [0.2, 0.25) is 0 Å². The maximum absolute atomic E-state index is 11.7. The van der Waals surface area contributed by atoms with Gasteiger partial charge in [-0.2, -0.15) is 13.5 Å². The first kappa shape index (κ1) is 14.6. The highest BCUT2D eigenvalue weighted by Gasteiger charge is 2.17. The molecule has 1 aromatic rings. The number of benzene rings is 1. The molecule has 0 radical (unpaired) electrons. The summed E-state index contributed by atoms with van der Waals surface area (Å²) < 4.78 is 21.6. The van der Waals surface area contributed by atoms with Crippen LogP contribution in [0.25, 0.3) is 0 Å². The van der Waals surface area contributed by atoms with Crippen LogP contribution in [0.1, 0.15) is 5.56 Å². The Morgan fingerprint density at radius 2 is 1.76 bits per heavy atom. The molecule has 0 aliphatic heterocycles. The van der Waals surface area contributed by atoms with Gasteiger partial charge in [0.2, 0.25) is 3.79 Å². The summed E-state index contributed by atoms with van der Waals surface area (Å²) in [7, 11) is -3.72. The third-order valence-corrected chi connectivity index (χ3v) is 3.25. The maximum atomic E-state index is 11.7. The summed E-state index contributed by atoms with van der Waals surface area (Å²) in [5.41, 5.74) is 0.953. The van der Waals surface area contributed by atoms with Crippen LogP contribution in [0.4, 0.5) is 0 Å². The smallest absolute Gasteiger partial charge is 0.200 e. The second-order valence-corrected chi connectivity index (χ2v) is 7.24. The number of hydrogen-bond donors (Lipinski definition) is 1. The topological polar surface area (TPSA) is 58.5 Å². The Kier molecular flexibility index (Phi) is 4.66. The Balaban J connectivity index is 2.83. The summed E-state index contributed by atoms with van der Waals surface area (Å²) in [6, 6.07) is 6.27. The zero-order valence-electron chi connectivity index (χ0n) is 8.69. The highest BCUT2D eigenvalue weighted by Crippen LogP contribution is 2.22. The molecule has 1 aromatic carbocycles. The SMILES string of the molecule is Cc1ccc(S(=O)(=O)N/N=C\C(Cl)(Cl)Cl)cc1. The van der Waals surface area contributed by atoms with E-state index in [9.17, 15) is 8.42 Å². The van der Waals surface area contributed by atoms with E-state index in [-0.39, 0.29) is 4.90 Å². The minimum absolute atomic E-state index is 0.0876. The van der Waals surface area contributed by atoms with Crippen LogP contribution in [0.15, 0.2) is 34.3 Å². The molecule has 0 fully saturated rings. The van der Waals surface area contributed by atoms with Crippen molar-refractivity contribution in [1.29, 1.82) is 0 Å². The van der Waals surface area contributed by atoms with E-state index in [0.717, 1.165) is 11.8 Å². The van der Waals surface area contributed by atoms with Crippen molar-refractivity contribution in [3.63, 3.8) is 0 Å². The second kappa shape index (κ2) is 5.44. The van der Waals surface area contributed by atoms with Gasteiger partial charge in [0, 0.05) is 0 Å². The number of nitrogens with one attached hydrogen (secondary N) is 1. The van der Waals surface area contributed by atoms with Gasteiger partial charge in [0.15, 0.2) is 0 Å². The van der Waals surface area contributed by atoms with Crippen molar-refractivity contribution in [2.75, 3.05) is 0 Å². The largest absolute Gasteiger partial charge is 0.276 e. The lowest BCUT2D eigenvalue weighted by molar-refractivity contribution is 0.584. The number of aryl methyl sites for hydroxylation is 1. The number of nitrogens with zero attached hydrogens (tertiary/aromatic N) is 1. The summed E-state index contributed by atoms with van der Waals surface area (Å²) >= 11 is 16.1. The number of halogens is 3. The van der Waals surface area contributed by atoms with Crippen molar-refractivity contribution >= 4 is 51.0 Å². The molecule has 4 nitrogen and oxygen atoms in total. The Morgan fingerprint density at radius 3 is 2.24 bits per heavy atom. The van der Waals surface area contributed by atoms with Gasteiger partial charge in [-0.25, -0.2) is 4.83 Å². The van der Waals surface area contributed by atoms with E-state index in [2.05, 4.69) is 5.10 Å². The molecule has 94 valence electrons. The van der Waals surface area contributed by atoms with Crippen molar-refractivity contribution < 1.29 is 8.42 Å². The number of hydrazone groups is 1. The molecular formula is C9H9Cl3N2O2S. The van der Waals surface area contributed by atoms with Gasteiger partial charge in [-0.05, 0) is 19.1 Å². The Labute approximate surface area is 115 Å². The van der Waals surface area contributed by atoms with Crippen molar-refractivity contribution in [3.8, 4) is 0 Å². The van der Waals surface area contributed by atoms with E-state index in [1.165, 1.54) is 12.1 Å². The Bertz CT molecular complexity index is 506. The molecule has 0 atom stereocenters. The van der Waals surface area contributed by atoms with E-state index < -0.39 is 13.8 Å². The molecule has 0 bridgehead atoms. The third-order valence-electron chi connectivity index (χ3n) is 1.72. The fourth-order valence-electron chi connectivity index (χ4n) is 0.939. The summed E-state index contributed by atoms with van der Waals surface area (Å²) in [5.74, 6) is 0. The van der Waals surface area contributed by atoms with E-state index in [0.29, 0.717) is 0 Å². The second-order valence-electron chi connectivity index (χ2n) is 3.21. The van der Waals surface area contributed by atoms with Crippen molar-refractivity contribution in [2.24, 2.45) is 5.10 Å². The maximum Gasteiger partial charge on any atom is 0.276 e. The van der Waals surface area contributed by atoms with Crippen LogP contribution >= 0.6 is 34.8 Å². The molecule has 1 N–H and O–H groups in total. The fraction of sp³-hybridized carbons (Fsp3) is 0.222. The first-order chi connectivity index (χ1) is 7.71. The monoisotopic (exact) mass is 314 g/mol. The summed E-state index contributed by atoms with van der Waals surface area (Å²) in [4.78, 5) is 2.03. The predicted octanol–water partition coefficient (Wildman–Crippen LogP) is 2.63. The number of alkyl halides is 3. The Hall–Kier alpha value is -0.490. The number of hydrogen-bond acceptors (Lipinski definition) is 3. The average Bonchev–Trinajstić information content (AvgIpc) is 2.15. The highest BCUT2D eigenvalue weighted by molar-refractivity contribution is 7.89. The van der Waals surface area contributed by atoms with Crippen LogP contribution in [0.3, 0.4) is 0 Å². The van der Waals surface area contributed by atoms with Gasteiger partial charge in [-0.15, -0.1) is 0 Å². The van der Waals surface area contributed by atoms with E-state index in [1.807, 2.05) is 11.8 Å². The molecule has 0 saturated heterocycles. The molecule has 0 spiro atoms. The fourth-order valence-corrected chi connectivity index (χ4v) is 1.88. The quantitative estimate of drug-likeness (QED) is 0.529. The molecule has 0 saturated carbocycles. The van der Waals surface area contributed by atoms with E-state index in [4.69, 9.17) is 34.8 Å². The van der Waals surface area contributed by atoms with Crippen molar-refractivity contribution in [2.45, 2.75) is 15.6 Å². The van der Waals surface area contributed by atoms with Crippen molar-refractivity contribution in [1.82, 2.24) is 4.83 Å². The van der Waals surface area contributed by atoms with Gasteiger partial charge >= 0.3 is 0 Å². The number of sulfonamides is 1. The zero-order valence-corrected chi connectivity index (χ0v) is 11.8. The molecule has 0 aliphatic carbocycles. The molecule has 0 aromatic heterocycles. The normalized spacial score (nSPS) is 12.9. The Morgan fingerprint density at radius 1 is 1.24 bits per heavy atom. The first-order valence-corrected chi connectivity index (χ1v) is 7.02. The molecule has 0 heterocycles. The molecule has 8 heteroatoms. The van der Waals surface area contributed by atoms with Gasteiger partial charge in [0.25, 0.3) is 10.0 Å². The minimum Gasteiger partial charge on any atom is -0.200 e. The minimum atomic E-state index is -3.72. The highest BCUT2D eigenvalue weighted by atomic mass is 35.6. The standard InChI is InChI=1S/C9H9Cl3N2O2S/c1-7-2-4-8(5-3-7)17(15,16)14-13-6-9(10,11)12/h2-6,14H,1H3/b13-6-. The lowest BCUT2D eigenvalue weighted by Crippen LogP contribution is -2.20. The molecule has 1 rings (SSSR count). The van der Waals surface area contributed by atoms with Crippen LogP contribution in [0, 0.1) is 6.92 Å². The van der Waals surface area contributed by atoms with Gasteiger partial charge in [-0.3, -0.25) is 0 Å². The van der Waals surface area contributed by atoms with Crippen LogP contribution in [-0.4, -0.2) is 18.4 Å². The third kappa shape index (κ3) is 5.12. The molecule has 0 aliphatic rings. The molecular weight excluding hydrogens is 307 g/mol. The lowest BCUT2D eigenvalue weighted by Gasteiger charge is -2.05. The van der Waals surface area contributed by atoms with Crippen LogP contribution < -0.4 is 4.83 Å². The summed E-state index contributed by atoms with van der Waals surface area (Å²) in [5, 5.41) is 3.35. The lowest BCUT2D eigenvalue weighted by atomic mass is 10.2. The average molecular weight is 316 g/mol. The summed E-state index contributed by atoms with van der Waals surface area (Å²) in [6.45, 7) is 1.85. The van der Waals surface area contributed by atoms with Crippen LogP contribution in [0.5, 0.6) is 0 Å². The molecule has 17 heavy (non-hydrogen) atoms. The van der Waals surface area contributed by atoms with Gasteiger partial charge < -0.3 is 0 Å². The van der Waals surface area contributed by atoms with E-state index in [1.54, 1.807) is 12.1 Å². The van der Waals surface area contributed by atoms with Crippen LogP contribution in [-0.2, 0) is 10.0 Å². The van der Waals surface area contributed by atoms with Gasteiger partial charge in [0.05, 0.1) is 11.1 Å². The zero-order chi connectivity index (χ0) is 13.1. The molecule has 0 unspecified atom stereocenters.